The molecule has 182 valence electrons. The molecule has 1 atom stereocenters. The monoisotopic (exact) mass is 534 g/mol. The number of benzene rings is 1. The van der Waals surface area contributed by atoms with Gasteiger partial charge in [0.1, 0.15) is 11.6 Å². The average Bonchev–Trinajstić information content (AvgIpc) is 2.86. The molecule has 9 nitrogen and oxygen atoms in total. The van der Waals surface area contributed by atoms with Crippen molar-refractivity contribution in [2.45, 2.75) is 12.6 Å². The normalized spacial score (nSPS) is 24.2. The second kappa shape index (κ2) is 9.81. The number of piperazine rings is 1. The number of rotatable bonds is 5. The lowest BCUT2D eigenvalue weighted by atomic mass is 10.0. The number of halogens is 1. The van der Waals surface area contributed by atoms with Gasteiger partial charge in [-0.1, -0.05) is 0 Å². The number of aryl methyl sites for hydroxylation is 1. The van der Waals surface area contributed by atoms with Crippen molar-refractivity contribution in [2.24, 2.45) is 10.7 Å². The number of aliphatic imine (C=N–C) groups is 1. The van der Waals surface area contributed by atoms with Crippen LogP contribution >= 0.6 is 15.9 Å². The van der Waals surface area contributed by atoms with E-state index in [9.17, 15) is 0 Å². The summed E-state index contributed by atoms with van der Waals surface area (Å²) in [4.78, 5) is 13.7. The van der Waals surface area contributed by atoms with E-state index in [0.29, 0.717) is 20.8 Å². The Balaban J connectivity index is 1.72. The molecule has 0 radical (unpaired) electrons. The summed E-state index contributed by atoms with van der Waals surface area (Å²) in [6.45, 7) is -0.249. The predicted octanol–water partition coefficient (Wildman–Crippen LogP) is 2.64. The lowest BCUT2D eigenvalue weighted by Crippen LogP contribution is -2.45. The second-order valence-electron chi connectivity index (χ2n) is 8.33. The SMILES string of the molecule is [2H]C([2H])([2H])N(c1ncccc1C1(N)N=C(Nc2cc(C)c(N3CCN(C)CC3)cc2OC)NC=C1Br)C([2H])([2H])[2H]. The average molecular weight is 536 g/mol. The Hall–Kier alpha value is -2.82. The fraction of sp³-hybridized carbons (Fsp3) is 0.417. The number of pyridine rings is 1. The van der Waals surface area contributed by atoms with Gasteiger partial charge in [0.05, 0.1) is 17.3 Å². The van der Waals surface area contributed by atoms with Gasteiger partial charge in [0.25, 0.3) is 0 Å². The predicted molar refractivity (Wildman–Crippen MR) is 143 cm³/mol. The quantitative estimate of drug-likeness (QED) is 0.538. The van der Waals surface area contributed by atoms with Crippen molar-refractivity contribution in [1.82, 2.24) is 15.2 Å². The first-order valence-corrected chi connectivity index (χ1v) is 11.6. The van der Waals surface area contributed by atoms with E-state index >= 15 is 0 Å². The lowest BCUT2D eigenvalue weighted by Gasteiger charge is -2.35. The molecule has 2 aliphatic heterocycles. The summed E-state index contributed by atoms with van der Waals surface area (Å²) in [6.07, 6.45) is 2.86. The van der Waals surface area contributed by atoms with Crippen LogP contribution < -0.4 is 30.9 Å². The zero-order chi connectivity index (χ0) is 29.5. The molecule has 1 aromatic carbocycles. The van der Waals surface area contributed by atoms with Crippen LogP contribution in [0.4, 0.5) is 17.2 Å². The molecule has 3 heterocycles. The summed E-state index contributed by atoms with van der Waals surface area (Å²) < 4.78 is 53.3. The maximum atomic E-state index is 7.87. The molecule has 0 bridgehead atoms. The molecular formula is C24H33BrN8O. The van der Waals surface area contributed by atoms with Crippen LogP contribution in [0.25, 0.3) is 0 Å². The first kappa shape index (κ1) is 17.6. The van der Waals surface area contributed by atoms with Crippen molar-refractivity contribution in [1.29, 1.82) is 0 Å². The van der Waals surface area contributed by atoms with Gasteiger partial charge in [0.2, 0.25) is 5.96 Å². The number of nitrogens with two attached hydrogens (primary N) is 1. The van der Waals surface area contributed by atoms with E-state index in [1.165, 1.54) is 12.3 Å². The van der Waals surface area contributed by atoms with E-state index in [4.69, 9.17) is 18.7 Å². The molecule has 1 aromatic heterocycles. The van der Waals surface area contributed by atoms with Crippen LogP contribution in [0.5, 0.6) is 5.75 Å². The van der Waals surface area contributed by atoms with Crippen molar-refractivity contribution in [3.8, 4) is 5.75 Å². The van der Waals surface area contributed by atoms with Gasteiger partial charge in [0.15, 0.2) is 5.66 Å². The highest BCUT2D eigenvalue weighted by molar-refractivity contribution is 9.11. The summed E-state index contributed by atoms with van der Waals surface area (Å²) in [5.41, 5.74) is 7.91. The highest BCUT2D eigenvalue weighted by atomic mass is 79.9. The van der Waals surface area contributed by atoms with Crippen molar-refractivity contribution < 1.29 is 13.0 Å². The Kier molecular flexibility index (Phi) is 5.08. The van der Waals surface area contributed by atoms with E-state index in [1.54, 1.807) is 19.4 Å². The highest BCUT2D eigenvalue weighted by Crippen LogP contribution is 2.39. The molecule has 4 N–H and O–H groups in total. The van der Waals surface area contributed by atoms with Gasteiger partial charge in [-0.15, -0.1) is 0 Å². The number of methoxy groups -OCH3 is 1. The summed E-state index contributed by atoms with van der Waals surface area (Å²) in [7, 11) is 3.70. The molecule has 1 fully saturated rings. The third-order valence-corrected chi connectivity index (χ3v) is 6.85. The molecular weight excluding hydrogens is 496 g/mol. The molecule has 0 aliphatic carbocycles. The van der Waals surface area contributed by atoms with E-state index in [-0.39, 0.29) is 17.3 Å². The molecule has 0 amide bonds. The third-order valence-electron chi connectivity index (χ3n) is 6.01. The summed E-state index contributed by atoms with van der Waals surface area (Å²) >= 11 is 3.42. The minimum absolute atomic E-state index is 0.0831. The van der Waals surface area contributed by atoms with Gasteiger partial charge < -0.3 is 30.1 Å². The molecule has 1 unspecified atom stereocenters. The van der Waals surface area contributed by atoms with Crippen LogP contribution in [0, 0.1) is 6.92 Å². The third kappa shape index (κ3) is 4.70. The molecule has 2 aromatic rings. The van der Waals surface area contributed by atoms with E-state index in [2.05, 4.69) is 53.4 Å². The van der Waals surface area contributed by atoms with Gasteiger partial charge in [-0.2, -0.15) is 0 Å². The number of anilines is 3. The highest BCUT2D eigenvalue weighted by Gasteiger charge is 2.37. The Labute approximate surface area is 218 Å². The van der Waals surface area contributed by atoms with Crippen LogP contribution in [-0.4, -0.2) is 70.1 Å². The second-order valence-corrected chi connectivity index (χ2v) is 9.18. The van der Waals surface area contributed by atoms with Crippen LogP contribution in [0.2, 0.25) is 0 Å². The fourth-order valence-corrected chi connectivity index (χ4v) is 4.51. The number of likely N-dealkylation sites (N-methyl/N-ethyl adjacent to an activating group) is 1. The fourth-order valence-electron chi connectivity index (χ4n) is 4.09. The lowest BCUT2D eigenvalue weighted by molar-refractivity contribution is 0.312. The number of hydrogen-bond acceptors (Lipinski definition) is 9. The smallest absolute Gasteiger partial charge is 0.202 e. The van der Waals surface area contributed by atoms with Crippen LogP contribution in [-0.2, 0) is 5.66 Å². The topological polar surface area (TPSA) is 94.3 Å². The van der Waals surface area contributed by atoms with Crippen molar-refractivity contribution >= 4 is 39.1 Å². The molecule has 2 aliphatic rings. The van der Waals surface area contributed by atoms with Gasteiger partial charge in [0, 0.05) is 78.1 Å². The van der Waals surface area contributed by atoms with Crippen molar-refractivity contribution in [3.05, 3.63) is 52.3 Å². The van der Waals surface area contributed by atoms with E-state index < -0.39 is 19.6 Å². The van der Waals surface area contributed by atoms with Crippen molar-refractivity contribution in [2.75, 3.05) is 69.4 Å². The van der Waals surface area contributed by atoms with Crippen LogP contribution in [0.15, 0.2) is 46.1 Å². The number of aromatic nitrogens is 1. The van der Waals surface area contributed by atoms with Gasteiger partial charge in [-0.25, -0.2) is 9.98 Å². The Morgan fingerprint density at radius 1 is 1.29 bits per heavy atom. The molecule has 10 heteroatoms. The Bertz CT molecular complexity index is 1300. The Morgan fingerprint density at radius 3 is 2.76 bits per heavy atom. The van der Waals surface area contributed by atoms with E-state index in [1.807, 2.05) is 19.1 Å². The standard InChI is InChI=1S/C24H33BrN8O/c1-16-13-18(20(34-5)14-19(16)33-11-9-32(4)10-12-33)29-23-28-15-21(25)24(26,30-23)17-7-6-8-27-22(17)31(2)3/h6-8,13-15H,9-12,26H2,1-5H3,(H2,28,29,30)/i2D3,3D3. The van der Waals surface area contributed by atoms with Crippen LogP contribution in [0.3, 0.4) is 0 Å². The number of guanidine groups is 1. The first-order valence-electron chi connectivity index (χ1n) is 13.8. The molecule has 0 spiro atoms. The van der Waals surface area contributed by atoms with Gasteiger partial charge in [-0.3, -0.25) is 5.73 Å². The minimum atomic E-state index is -3.02. The zero-order valence-corrected chi connectivity index (χ0v) is 21.0. The molecule has 34 heavy (non-hydrogen) atoms. The number of nitrogens with one attached hydrogen (secondary N) is 2. The summed E-state index contributed by atoms with van der Waals surface area (Å²) in [5.74, 6) is 0.503. The maximum absolute atomic E-state index is 7.87. The number of ether oxygens (including phenoxy) is 1. The molecule has 0 saturated carbocycles. The minimum Gasteiger partial charge on any atom is -0.494 e. The zero-order valence-electron chi connectivity index (χ0n) is 25.4. The van der Waals surface area contributed by atoms with Crippen molar-refractivity contribution in [3.63, 3.8) is 0 Å². The van der Waals surface area contributed by atoms with Gasteiger partial charge in [-0.05, 0) is 53.7 Å². The number of hydrogen-bond donors (Lipinski definition) is 3. The molecule has 4 rings (SSSR count). The largest absolute Gasteiger partial charge is 0.494 e. The molecule has 1 saturated heterocycles. The number of nitrogens with zero attached hydrogens (tertiary/aromatic N) is 5. The van der Waals surface area contributed by atoms with Gasteiger partial charge >= 0.3 is 0 Å². The summed E-state index contributed by atoms with van der Waals surface area (Å²) in [6, 6.07) is 6.99. The van der Waals surface area contributed by atoms with E-state index in [0.717, 1.165) is 37.4 Å². The Morgan fingerprint density at radius 2 is 2.06 bits per heavy atom. The summed E-state index contributed by atoms with van der Waals surface area (Å²) in [5, 5.41) is 6.25. The first-order chi connectivity index (χ1) is 18.6. The maximum Gasteiger partial charge on any atom is 0.202 e. The van der Waals surface area contributed by atoms with Crippen LogP contribution in [0.1, 0.15) is 19.4 Å².